The lowest BCUT2D eigenvalue weighted by molar-refractivity contribution is 0.483. The number of para-hydroxylation sites is 3. The van der Waals surface area contributed by atoms with Gasteiger partial charge in [0, 0.05) is 63.5 Å². The molecule has 3 aromatic heterocycles. The predicted octanol–water partition coefficient (Wildman–Crippen LogP) is 22.4. The van der Waals surface area contributed by atoms with Crippen LogP contribution in [0.25, 0.3) is 93.2 Å². The van der Waals surface area contributed by atoms with Gasteiger partial charge < -0.3 is 14.2 Å². The number of rotatable bonds is 6. The summed E-state index contributed by atoms with van der Waals surface area (Å²) in [6.45, 7) is 15.9. The van der Waals surface area contributed by atoms with Crippen molar-refractivity contribution < 1.29 is 17.1 Å². The lowest BCUT2D eigenvalue weighted by atomic mass is 9.77. The first-order valence-corrected chi connectivity index (χ1v) is 29.7. The van der Waals surface area contributed by atoms with E-state index in [1.807, 2.05) is 63.4 Å². The van der Waals surface area contributed by atoms with Gasteiger partial charge in [-0.05, 0) is 148 Å². The lowest BCUT2D eigenvalue weighted by Crippen LogP contribution is -2.17. The van der Waals surface area contributed by atoms with Crippen LogP contribution < -0.4 is 9.64 Å². The van der Waals surface area contributed by atoms with Gasteiger partial charge in [-0.2, -0.15) is 0 Å². The number of ether oxygens (including phenoxy) is 1. The van der Waals surface area contributed by atoms with Gasteiger partial charge in [0.15, 0.2) is 0 Å². The fourth-order valence-corrected chi connectivity index (χ4v) is 12.8. The quantitative estimate of drug-likeness (QED) is 0.166. The van der Waals surface area contributed by atoms with Gasteiger partial charge in [0.1, 0.15) is 24.0 Å². The van der Waals surface area contributed by atoms with Crippen LogP contribution in [0.5, 0.6) is 11.5 Å². The number of pyridine rings is 1. The molecule has 0 atom stereocenters. The zero-order chi connectivity index (χ0) is 67.2. The zero-order valence-corrected chi connectivity index (χ0v) is 51.0. The van der Waals surface area contributed by atoms with Gasteiger partial charge in [-0.25, -0.2) is 4.98 Å². The summed E-state index contributed by atoms with van der Waals surface area (Å²) in [5.74, 6) is 2.10. The van der Waals surface area contributed by atoms with Crippen LogP contribution in [0.3, 0.4) is 0 Å². The normalized spacial score (nSPS) is 15.3. The Balaban J connectivity index is 1.08. The molecule has 0 fully saturated rings. The summed E-state index contributed by atoms with van der Waals surface area (Å²) in [5, 5.41) is 7.98. The fourth-order valence-electron chi connectivity index (χ4n) is 12.8. The molecule has 0 unspecified atom stereocenters. The van der Waals surface area contributed by atoms with E-state index in [1.165, 1.54) is 28.8 Å². The van der Waals surface area contributed by atoms with Crippen LogP contribution in [0.1, 0.15) is 144 Å². The van der Waals surface area contributed by atoms with E-state index in [9.17, 15) is 0 Å². The molecule has 85 heavy (non-hydrogen) atoms. The summed E-state index contributed by atoms with van der Waals surface area (Å²) in [7, 11) is 0. The number of hydrogen-bond donors (Lipinski definition) is 0. The van der Waals surface area contributed by atoms with E-state index in [4.69, 9.17) is 22.1 Å². The number of aromatic nitrogens is 3. The number of nitrogens with zero attached hydrogens (tertiary/aromatic N) is 4. The standard InChI is InChI=1S/C80H80N4O/c1-76(2,3)52-34-37-59(69(45-52)80(13,14)15)50-33-36-63-66-29-21-28-60(51-41-54(78(7,8)9)44-55(42-51)79(10,11)12)74(66)83-49-82(71-32-22-30-67(75(71)83)61-25-16-17-26-62(61)68(63)43-50)56-23-20-24-57(47-56)85-58-35-38-65-64-27-18-19-31-70(64)84(72(65)48-58)73-46-53(39-40-81-73)77(4,5)6/h16-48H,49H2,1-15H3/i7D3,8D3,9D3. The van der Waals surface area contributed by atoms with Crippen LogP contribution in [-0.4, -0.2) is 14.1 Å². The Labute approximate surface area is 515 Å². The molecule has 5 heteroatoms. The molecule has 0 saturated heterocycles. The van der Waals surface area contributed by atoms with Crippen molar-refractivity contribution in [3.63, 3.8) is 0 Å². The molecule has 0 aliphatic carbocycles. The average Bonchev–Trinajstić information content (AvgIpc) is 1.10. The topological polar surface area (TPSA) is 35.2 Å². The highest BCUT2D eigenvalue weighted by molar-refractivity contribution is 6.23. The van der Waals surface area contributed by atoms with Gasteiger partial charge in [-0.1, -0.05) is 231 Å². The van der Waals surface area contributed by atoms with Crippen molar-refractivity contribution >= 4 is 76.5 Å². The van der Waals surface area contributed by atoms with Gasteiger partial charge in [-0.3, -0.25) is 4.57 Å². The van der Waals surface area contributed by atoms with E-state index in [-0.39, 0.29) is 28.5 Å². The fraction of sp³-hybridized carbons (Fsp3) is 0.263. The summed E-state index contributed by atoms with van der Waals surface area (Å²) in [4.78, 5) is 7.20. The van der Waals surface area contributed by atoms with Crippen LogP contribution >= 0.6 is 0 Å². The minimum Gasteiger partial charge on any atom is -0.457 e. The van der Waals surface area contributed by atoms with Gasteiger partial charge in [0.25, 0.3) is 0 Å². The molecule has 5 nitrogen and oxygen atoms in total. The molecule has 9 aromatic carbocycles. The van der Waals surface area contributed by atoms with Crippen LogP contribution in [0.4, 0.5) is 11.4 Å². The van der Waals surface area contributed by atoms with E-state index in [0.29, 0.717) is 28.2 Å². The van der Waals surface area contributed by atoms with Crippen molar-refractivity contribution in [2.75, 3.05) is 4.90 Å². The predicted molar refractivity (Wildman–Crippen MR) is 364 cm³/mol. The van der Waals surface area contributed by atoms with E-state index in [0.717, 1.165) is 93.5 Å². The highest BCUT2D eigenvalue weighted by atomic mass is 16.5. The van der Waals surface area contributed by atoms with Crippen molar-refractivity contribution in [1.29, 1.82) is 0 Å². The van der Waals surface area contributed by atoms with Crippen molar-refractivity contribution in [3.8, 4) is 39.6 Å². The largest absolute Gasteiger partial charge is 0.457 e. The molecule has 0 saturated carbocycles. The van der Waals surface area contributed by atoms with Gasteiger partial charge in [0.2, 0.25) is 0 Å². The van der Waals surface area contributed by atoms with Crippen molar-refractivity contribution in [3.05, 3.63) is 228 Å². The Bertz CT molecular complexity index is 5080. The molecule has 0 bridgehead atoms. The summed E-state index contributed by atoms with van der Waals surface area (Å²) < 4.78 is 92.1. The first-order chi connectivity index (χ1) is 44.0. The zero-order valence-electron chi connectivity index (χ0n) is 60.0. The van der Waals surface area contributed by atoms with Crippen LogP contribution in [-0.2, 0) is 33.7 Å². The molecule has 4 heterocycles. The van der Waals surface area contributed by atoms with E-state index in [2.05, 4.69) is 222 Å². The van der Waals surface area contributed by atoms with Gasteiger partial charge >= 0.3 is 0 Å². The third kappa shape index (κ3) is 9.89. The molecule has 0 spiro atoms. The summed E-state index contributed by atoms with van der Waals surface area (Å²) in [5.41, 5.74) is 8.41. The number of fused-ring (bicyclic) bond motifs is 10. The second-order valence-corrected chi connectivity index (χ2v) is 27.5. The van der Waals surface area contributed by atoms with Gasteiger partial charge in [0.05, 0.1) is 27.8 Å². The Hall–Kier alpha value is -8.67. The highest BCUT2D eigenvalue weighted by Gasteiger charge is 2.29. The Morgan fingerprint density at radius 1 is 0.400 bits per heavy atom. The van der Waals surface area contributed by atoms with Crippen LogP contribution in [0.15, 0.2) is 200 Å². The van der Waals surface area contributed by atoms with Crippen molar-refractivity contribution in [2.24, 2.45) is 0 Å². The molecule has 12 aromatic rings. The Morgan fingerprint density at radius 3 is 1.72 bits per heavy atom. The molecule has 0 radical (unpaired) electrons. The molecule has 13 rings (SSSR count). The van der Waals surface area contributed by atoms with Gasteiger partial charge in [-0.15, -0.1) is 0 Å². The van der Waals surface area contributed by atoms with Crippen molar-refractivity contribution in [1.82, 2.24) is 14.1 Å². The third-order valence-electron chi connectivity index (χ3n) is 17.4. The molecule has 1 aliphatic heterocycles. The van der Waals surface area contributed by atoms with Crippen LogP contribution in [0.2, 0.25) is 0 Å². The maximum atomic E-state index is 8.96. The number of anilines is 2. The van der Waals surface area contributed by atoms with E-state index < -0.39 is 31.4 Å². The molecular formula is C80H80N4O. The van der Waals surface area contributed by atoms with E-state index >= 15 is 0 Å². The first kappa shape index (κ1) is 45.7. The molecule has 1 aliphatic rings. The first-order valence-electron chi connectivity index (χ1n) is 34.2. The minimum absolute atomic E-state index is 0.0720. The molecule has 0 amide bonds. The smallest absolute Gasteiger partial charge is 0.137 e. The second kappa shape index (κ2) is 20.0. The lowest BCUT2D eigenvalue weighted by Gasteiger charge is -2.28. The SMILES string of the molecule is [2H]C([2H])([2H])C(c1cc(-c2cccc3c4ccc(-c5ccc(C(C)(C)C)cc5C(C)(C)C)cc4c4ccccc4c4cccc5c4n(c23)CN5c2cccc(Oc3ccc4c5ccccc5n(-c5cc(C(C)(C)C)ccn5)c4c3)c2)cc(C(C)(C)C)c1)(C([2H])([2H])[2H])C([2H])([2H])[2H]. The maximum Gasteiger partial charge on any atom is 0.137 e. The molecular weight excluding hydrogens is 1030 g/mol. The summed E-state index contributed by atoms with van der Waals surface area (Å²) >= 11 is 0. The maximum absolute atomic E-state index is 8.96. The highest BCUT2D eigenvalue weighted by Crippen LogP contribution is 2.48. The molecule has 0 N–H and O–H groups in total. The number of benzene rings is 9. The number of hydrogen-bond acceptors (Lipinski definition) is 3. The van der Waals surface area contributed by atoms with Crippen LogP contribution in [0, 0.1) is 0 Å². The van der Waals surface area contributed by atoms with Crippen molar-refractivity contribution in [2.45, 2.75) is 137 Å². The summed E-state index contributed by atoms with van der Waals surface area (Å²) in [6, 6.07) is 66.7. The second-order valence-electron chi connectivity index (χ2n) is 27.5. The Morgan fingerprint density at radius 2 is 1.00 bits per heavy atom. The summed E-state index contributed by atoms with van der Waals surface area (Å²) in [6.07, 6.45) is 1.88. The third-order valence-corrected chi connectivity index (χ3v) is 17.4. The van der Waals surface area contributed by atoms with E-state index in [1.54, 1.807) is 0 Å². The average molecular weight is 1120 g/mol. The monoisotopic (exact) mass is 1120 g/mol. The molecule has 426 valence electrons. The minimum atomic E-state index is -3.49. The Kier molecular flexibility index (Phi) is 10.7.